The zero-order valence-electron chi connectivity index (χ0n) is 6.14. The zero-order valence-corrected chi connectivity index (χ0v) is 7.77. The van der Waals surface area contributed by atoms with Crippen LogP contribution in [0.2, 0.25) is 0 Å². The maximum atomic E-state index is 11.3. The highest BCUT2D eigenvalue weighted by atomic mass is 32.2. The Balaban J connectivity index is 2.97. The summed E-state index contributed by atoms with van der Waals surface area (Å²) < 4.78 is 12.3. The molecule has 0 radical (unpaired) electrons. The van der Waals surface area contributed by atoms with Gasteiger partial charge >= 0.3 is 0 Å². The molecule has 1 nitrogen and oxygen atoms in total. The maximum Gasteiger partial charge on any atom is 0.0875 e. The molecule has 1 rings (SSSR count). The fourth-order valence-electron chi connectivity index (χ4n) is 0.714. The first kappa shape index (κ1) is 8.08. The predicted molar refractivity (Wildman–Crippen MR) is 48.1 cm³/mol. The Bertz CT molecular complexity index is 224. The molecule has 1 aliphatic rings. The van der Waals surface area contributed by atoms with Crippen LogP contribution in [-0.2, 0) is 10.8 Å². The summed E-state index contributed by atoms with van der Waals surface area (Å²) >= 11 is 1.65. The van der Waals surface area contributed by atoms with Gasteiger partial charge in [-0.15, -0.1) is 11.8 Å². The molecular formula is C7H10OS2. The SMILES string of the molecule is C=C1CSC(=C(C)C)S1=O. The Hall–Kier alpha value is -0.0200. The Morgan fingerprint density at radius 1 is 1.70 bits per heavy atom. The van der Waals surface area contributed by atoms with Crippen molar-refractivity contribution in [3.8, 4) is 0 Å². The Morgan fingerprint density at radius 3 is 2.50 bits per heavy atom. The van der Waals surface area contributed by atoms with Crippen LogP contribution < -0.4 is 0 Å². The van der Waals surface area contributed by atoms with Gasteiger partial charge in [-0.05, 0) is 13.8 Å². The largest absolute Gasteiger partial charge is 0.249 e. The van der Waals surface area contributed by atoms with Gasteiger partial charge < -0.3 is 0 Å². The molecule has 56 valence electrons. The molecule has 0 spiro atoms. The summed E-state index contributed by atoms with van der Waals surface area (Å²) in [4.78, 5) is 0.848. The average molecular weight is 174 g/mol. The van der Waals surface area contributed by atoms with Crippen molar-refractivity contribution in [2.24, 2.45) is 0 Å². The van der Waals surface area contributed by atoms with E-state index in [-0.39, 0.29) is 0 Å². The molecule has 0 aliphatic carbocycles. The summed E-state index contributed by atoms with van der Waals surface area (Å²) in [5.41, 5.74) is 1.15. The van der Waals surface area contributed by atoms with Gasteiger partial charge in [0, 0.05) is 10.7 Å². The van der Waals surface area contributed by atoms with E-state index in [9.17, 15) is 4.21 Å². The first-order valence-electron chi connectivity index (χ1n) is 3.02. The first-order chi connectivity index (χ1) is 4.63. The second-order valence-electron chi connectivity index (χ2n) is 2.38. The van der Waals surface area contributed by atoms with Crippen molar-refractivity contribution in [2.75, 3.05) is 5.75 Å². The van der Waals surface area contributed by atoms with E-state index in [1.165, 1.54) is 0 Å². The van der Waals surface area contributed by atoms with E-state index in [4.69, 9.17) is 0 Å². The highest BCUT2D eigenvalue weighted by molar-refractivity contribution is 8.21. The molecule has 1 aliphatic heterocycles. The van der Waals surface area contributed by atoms with Gasteiger partial charge in [-0.1, -0.05) is 12.2 Å². The van der Waals surface area contributed by atoms with Crippen molar-refractivity contribution in [1.82, 2.24) is 0 Å². The fraction of sp³-hybridized carbons (Fsp3) is 0.429. The molecule has 1 fully saturated rings. The standard InChI is InChI=1S/C7H10OS2/c1-5(2)7-9-4-6(3)10(7)8/h3-4H2,1-2H3. The summed E-state index contributed by atoms with van der Waals surface area (Å²) in [7, 11) is -0.887. The van der Waals surface area contributed by atoms with Crippen LogP contribution in [0.1, 0.15) is 13.8 Å². The Kier molecular flexibility index (Phi) is 2.36. The van der Waals surface area contributed by atoms with Gasteiger partial charge in [-0.25, -0.2) is 4.21 Å². The van der Waals surface area contributed by atoms with Crippen LogP contribution in [0.4, 0.5) is 0 Å². The average Bonchev–Trinajstić information content (AvgIpc) is 2.14. The van der Waals surface area contributed by atoms with E-state index in [1.54, 1.807) is 11.8 Å². The summed E-state index contributed by atoms with van der Waals surface area (Å²) in [6, 6.07) is 0. The lowest BCUT2D eigenvalue weighted by atomic mass is 10.4. The lowest BCUT2D eigenvalue weighted by Crippen LogP contribution is -1.86. The minimum Gasteiger partial charge on any atom is -0.249 e. The molecule has 0 aromatic rings. The second-order valence-corrected chi connectivity index (χ2v) is 5.15. The van der Waals surface area contributed by atoms with Crippen molar-refractivity contribution in [1.29, 1.82) is 0 Å². The number of allylic oxidation sites excluding steroid dienone is 1. The number of hydrogen-bond acceptors (Lipinski definition) is 2. The summed E-state index contributed by atoms with van der Waals surface area (Å²) in [5, 5.41) is 0. The van der Waals surface area contributed by atoms with Gasteiger partial charge in [0.1, 0.15) is 0 Å². The Morgan fingerprint density at radius 2 is 2.30 bits per heavy atom. The van der Waals surface area contributed by atoms with Gasteiger partial charge in [-0.2, -0.15) is 0 Å². The van der Waals surface area contributed by atoms with Crippen LogP contribution in [0.3, 0.4) is 0 Å². The molecule has 0 aromatic heterocycles. The van der Waals surface area contributed by atoms with Crippen LogP contribution >= 0.6 is 11.8 Å². The molecule has 1 heterocycles. The van der Waals surface area contributed by atoms with Crippen LogP contribution in [0.25, 0.3) is 0 Å². The number of thioether (sulfide) groups is 1. The van der Waals surface area contributed by atoms with Gasteiger partial charge in [0.05, 0.1) is 15.0 Å². The molecule has 3 heteroatoms. The molecule has 0 amide bonds. The van der Waals surface area contributed by atoms with Crippen LogP contribution in [0.15, 0.2) is 21.3 Å². The minimum absolute atomic E-state index is 0.827. The zero-order chi connectivity index (χ0) is 7.72. The lowest BCUT2D eigenvalue weighted by Gasteiger charge is -1.94. The third-order valence-corrected chi connectivity index (χ3v) is 4.77. The van der Waals surface area contributed by atoms with Crippen LogP contribution in [-0.4, -0.2) is 9.96 Å². The lowest BCUT2D eigenvalue weighted by molar-refractivity contribution is 0.691. The maximum absolute atomic E-state index is 11.3. The van der Waals surface area contributed by atoms with Crippen LogP contribution in [0.5, 0.6) is 0 Å². The van der Waals surface area contributed by atoms with Crippen molar-refractivity contribution in [3.63, 3.8) is 0 Å². The van der Waals surface area contributed by atoms with Gasteiger partial charge in [0.2, 0.25) is 0 Å². The summed E-state index contributed by atoms with van der Waals surface area (Å²) in [6.45, 7) is 7.68. The van der Waals surface area contributed by atoms with Crippen molar-refractivity contribution >= 4 is 22.6 Å². The second kappa shape index (κ2) is 2.93. The third-order valence-electron chi connectivity index (χ3n) is 1.20. The van der Waals surface area contributed by atoms with E-state index in [1.807, 2.05) is 13.8 Å². The number of hydrogen-bond donors (Lipinski definition) is 0. The molecular weight excluding hydrogens is 164 g/mol. The van der Waals surface area contributed by atoms with E-state index in [0.717, 1.165) is 20.5 Å². The van der Waals surface area contributed by atoms with Gasteiger partial charge in [-0.3, -0.25) is 0 Å². The van der Waals surface area contributed by atoms with Crippen molar-refractivity contribution in [3.05, 3.63) is 21.3 Å². The quantitative estimate of drug-likeness (QED) is 0.560. The van der Waals surface area contributed by atoms with E-state index in [0.29, 0.717) is 0 Å². The molecule has 1 unspecified atom stereocenters. The first-order valence-corrected chi connectivity index (χ1v) is 5.16. The summed E-state index contributed by atoms with van der Waals surface area (Å²) in [6.07, 6.45) is 0. The normalized spacial score (nSPS) is 25.6. The highest BCUT2D eigenvalue weighted by Gasteiger charge is 2.21. The predicted octanol–water partition coefficient (Wildman–Crippen LogP) is 2.25. The topological polar surface area (TPSA) is 17.1 Å². The molecule has 0 saturated carbocycles. The molecule has 0 N–H and O–H groups in total. The van der Waals surface area contributed by atoms with Crippen LogP contribution in [0, 0.1) is 0 Å². The smallest absolute Gasteiger partial charge is 0.0875 e. The molecule has 1 saturated heterocycles. The van der Waals surface area contributed by atoms with Crippen molar-refractivity contribution < 1.29 is 4.21 Å². The fourth-order valence-corrected chi connectivity index (χ4v) is 3.49. The van der Waals surface area contributed by atoms with E-state index < -0.39 is 10.8 Å². The molecule has 1 atom stereocenters. The number of rotatable bonds is 0. The minimum atomic E-state index is -0.887. The Labute approximate surface area is 68.0 Å². The summed E-state index contributed by atoms with van der Waals surface area (Å²) in [5.74, 6) is 0.827. The monoisotopic (exact) mass is 174 g/mol. The van der Waals surface area contributed by atoms with Crippen molar-refractivity contribution in [2.45, 2.75) is 13.8 Å². The molecule has 0 bridgehead atoms. The van der Waals surface area contributed by atoms with E-state index >= 15 is 0 Å². The molecule has 10 heavy (non-hydrogen) atoms. The third kappa shape index (κ3) is 1.35. The van der Waals surface area contributed by atoms with Gasteiger partial charge in [0.15, 0.2) is 0 Å². The molecule has 0 aromatic carbocycles. The van der Waals surface area contributed by atoms with Gasteiger partial charge in [0.25, 0.3) is 0 Å². The highest BCUT2D eigenvalue weighted by Crippen LogP contribution is 2.35. The van der Waals surface area contributed by atoms with E-state index in [2.05, 4.69) is 6.58 Å².